The molecule has 2 amide bonds. The highest BCUT2D eigenvalue weighted by Gasteiger charge is 2.42. The SMILES string of the molecule is O=C(NC1CC1)N1CCC2(CC1)COC2. The number of amides is 2. The van der Waals surface area contributed by atoms with E-state index in [1.165, 1.54) is 0 Å². The Morgan fingerprint density at radius 1 is 1.27 bits per heavy atom. The molecule has 0 unspecified atom stereocenters. The van der Waals surface area contributed by atoms with Crippen LogP contribution in [0, 0.1) is 5.41 Å². The maximum atomic E-state index is 11.7. The van der Waals surface area contributed by atoms with Crippen molar-refractivity contribution in [1.82, 2.24) is 10.2 Å². The van der Waals surface area contributed by atoms with Crippen molar-refractivity contribution in [1.29, 1.82) is 0 Å². The van der Waals surface area contributed by atoms with Crippen molar-refractivity contribution in [2.24, 2.45) is 5.41 Å². The second kappa shape index (κ2) is 3.37. The Balaban J connectivity index is 1.49. The molecule has 84 valence electrons. The number of likely N-dealkylation sites (tertiary alicyclic amines) is 1. The van der Waals surface area contributed by atoms with Crippen LogP contribution in [0.1, 0.15) is 25.7 Å². The van der Waals surface area contributed by atoms with Gasteiger partial charge in [0, 0.05) is 24.5 Å². The molecule has 3 fully saturated rings. The lowest BCUT2D eigenvalue weighted by Gasteiger charge is -2.47. The standard InChI is InChI=1S/C11H18N2O2/c14-10(12-9-1-2-9)13-5-3-11(4-6-13)7-15-8-11/h9H,1-8H2,(H,12,14). The summed E-state index contributed by atoms with van der Waals surface area (Å²) in [6.45, 7) is 3.62. The molecule has 3 aliphatic rings. The van der Waals surface area contributed by atoms with Crippen LogP contribution < -0.4 is 5.32 Å². The molecule has 0 aromatic rings. The third-order valence-electron chi connectivity index (χ3n) is 3.83. The van der Waals surface area contributed by atoms with E-state index >= 15 is 0 Å². The second-order valence-corrected chi connectivity index (χ2v) is 5.20. The summed E-state index contributed by atoms with van der Waals surface area (Å²) in [6.07, 6.45) is 4.56. The van der Waals surface area contributed by atoms with Gasteiger partial charge in [-0.1, -0.05) is 0 Å². The van der Waals surface area contributed by atoms with Crippen molar-refractivity contribution in [3.8, 4) is 0 Å². The summed E-state index contributed by atoms with van der Waals surface area (Å²) in [4.78, 5) is 13.7. The fourth-order valence-electron chi connectivity index (χ4n) is 2.36. The maximum absolute atomic E-state index is 11.7. The van der Waals surface area contributed by atoms with E-state index < -0.39 is 0 Å². The molecule has 4 heteroatoms. The van der Waals surface area contributed by atoms with Gasteiger partial charge in [0.15, 0.2) is 0 Å². The van der Waals surface area contributed by atoms with Crippen molar-refractivity contribution < 1.29 is 9.53 Å². The van der Waals surface area contributed by atoms with Crippen LogP contribution in [0.2, 0.25) is 0 Å². The molecule has 0 atom stereocenters. The number of hydrogen-bond donors (Lipinski definition) is 1. The Kier molecular flexibility index (Phi) is 2.12. The van der Waals surface area contributed by atoms with Crippen molar-refractivity contribution in [3.63, 3.8) is 0 Å². The number of nitrogens with zero attached hydrogens (tertiary/aromatic N) is 1. The Hall–Kier alpha value is -0.770. The van der Waals surface area contributed by atoms with Crippen LogP contribution in [-0.4, -0.2) is 43.3 Å². The summed E-state index contributed by atoms with van der Waals surface area (Å²) < 4.78 is 5.27. The van der Waals surface area contributed by atoms with Crippen LogP contribution in [0.25, 0.3) is 0 Å². The zero-order valence-corrected chi connectivity index (χ0v) is 9.00. The van der Waals surface area contributed by atoms with Crippen molar-refractivity contribution in [3.05, 3.63) is 0 Å². The van der Waals surface area contributed by atoms with E-state index in [-0.39, 0.29) is 6.03 Å². The molecule has 2 aliphatic heterocycles. The number of hydrogen-bond acceptors (Lipinski definition) is 2. The number of ether oxygens (including phenoxy) is 1. The predicted molar refractivity (Wildman–Crippen MR) is 55.6 cm³/mol. The minimum absolute atomic E-state index is 0.146. The van der Waals surface area contributed by atoms with E-state index in [4.69, 9.17) is 4.74 Å². The molecule has 2 heterocycles. The summed E-state index contributed by atoms with van der Waals surface area (Å²) in [5, 5.41) is 3.04. The first kappa shape index (κ1) is 9.46. The fourth-order valence-corrected chi connectivity index (χ4v) is 2.36. The van der Waals surface area contributed by atoms with Gasteiger partial charge in [-0.15, -0.1) is 0 Å². The Morgan fingerprint density at radius 3 is 2.40 bits per heavy atom. The third kappa shape index (κ3) is 1.83. The van der Waals surface area contributed by atoms with E-state index in [1.54, 1.807) is 0 Å². The summed E-state index contributed by atoms with van der Waals surface area (Å²) in [6, 6.07) is 0.619. The highest BCUT2D eigenvalue weighted by molar-refractivity contribution is 5.75. The van der Waals surface area contributed by atoms with E-state index in [9.17, 15) is 4.79 Å². The van der Waals surface area contributed by atoms with E-state index in [0.717, 1.165) is 52.0 Å². The molecule has 0 bridgehead atoms. The van der Waals surface area contributed by atoms with Gasteiger partial charge in [-0.3, -0.25) is 0 Å². The van der Waals surface area contributed by atoms with Crippen molar-refractivity contribution >= 4 is 6.03 Å². The molecule has 3 rings (SSSR count). The minimum atomic E-state index is 0.146. The average molecular weight is 210 g/mol. The van der Waals surface area contributed by atoms with Gasteiger partial charge in [0.1, 0.15) is 0 Å². The molecule has 0 radical (unpaired) electrons. The first-order valence-electron chi connectivity index (χ1n) is 5.91. The lowest BCUT2D eigenvalue weighted by atomic mass is 9.77. The third-order valence-corrected chi connectivity index (χ3v) is 3.83. The van der Waals surface area contributed by atoms with Gasteiger partial charge in [0.2, 0.25) is 0 Å². The van der Waals surface area contributed by atoms with Crippen LogP contribution in [0.4, 0.5) is 4.79 Å². The lowest BCUT2D eigenvalue weighted by molar-refractivity contribution is -0.135. The van der Waals surface area contributed by atoms with E-state index in [0.29, 0.717) is 11.5 Å². The van der Waals surface area contributed by atoms with Gasteiger partial charge in [-0.2, -0.15) is 0 Å². The average Bonchev–Trinajstić information content (AvgIpc) is 2.99. The summed E-state index contributed by atoms with van der Waals surface area (Å²) in [7, 11) is 0. The Morgan fingerprint density at radius 2 is 1.93 bits per heavy atom. The van der Waals surface area contributed by atoms with E-state index in [1.807, 2.05) is 4.90 Å². The van der Waals surface area contributed by atoms with Gasteiger partial charge in [-0.05, 0) is 25.7 Å². The smallest absolute Gasteiger partial charge is 0.317 e. The number of carbonyl (C=O) groups is 1. The Labute approximate surface area is 90.0 Å². The summed E-state index contributed by atoms with van der Waals surface area (Å²) >= 11 is 0. The number of nitrogens with one attached hydrogen (secondary N) is 1. The number of piperidine rings is 1. The van der Waals surface area contributed by atoms with Gasteiger partial charge in [0.05, 0.1) is 13.2 Å². The molecule has 2 saturated heterocycles. The van der Waals surface area contributed by atoms with Gasteiger partial charge in [0.25, 0.3) is 0 Å². The molecule has 15 heavy (non-hydrogen) atoms. The summed E-state index contributed by atoms with van der Waals surface area (Å²) in [5.74, 6) is 0. The topological polar surface area (TPSA) is 41.6 Å². The monoisotopic (exact) mass is 210 g/mol. The number of carbonyl (C=O) groups excluding carboxylic acids is 1. The molecule has 1 N–H and O–H groups in total. The largest absolute Gasteiger partial charge is 0.380 e. The minimum Gasteiger partial charge on any atom is -0.380 e. The molecule has 4 nitrogen and oxygen atoms in total. The molecular weight excluding hydrogens is 192 g/mol. The molecular formula is C11H18N2O2. The Bertz CT molecular complexity index is 262. The number of rotatable bonds is 1. The lowest BCUT2D eigenvalue weighted by Crippen LogP contribution is -2.54. The van der Waals surface area contributed by atoms with Crippen LogP contribution in [0.15, 0.2) is 0 Å². The highest BCUT2D eigenvalue weighted by Crippen LogP contribution is 2.38. The first-order valence-corrected chi connectivity index (χ1v) is 5.91. The van der Waals surface area contributed by atoms with Gasteiger partial charge >= 0.3 is 6.03 Å². The molecule has 1 aliphatic carbocycles. The van der Waals surface area contributed by atoms with Gasteiger partial charge in [-0.25, -0.2) is 4.79 Å². The van der Waals surface area contributed by atoms with Crippen LogP contribution in [0.3, 0.4) is 0 Å². The van der Waals surface area contributed by atoms with Gasteiger partial charge < -0.3 is 15.0 Å². The number of urea groups is 1. The molecule has 1 spiro atoms. The highest BCUT2D eigenvalue weighted by atomic mass is 16.5. The van der Waals surface area contributed by atoms with Crippen LogP contribution in [0.5, 0.6) is 0 Å². The zero-order chi connectivity index (χ0) is 10.3. The predicted octanol–water partition coefficient (Wildman–Crippen LogP) is 0.971. The van der Waals surface area contributed by atoms with E-state index in [2.05, 4.69) is 5.32 Å². The normalized spacial score (nSPS) is 28.7. The maximum Gasteiger partial charge on any atom is 0.317 e. The first-order chi connectivity index (χ1) is 7.27. The van der Waals surface area contributed by atoms with Crippen LogP contribution in [-0.2, 0) is 4.74 Å². The second-order valence-electron chi connectivity index (χ2n) is 5.20. The van der Waals surface area contributed by atoms with Crippen molar-refractivity contribution in [2.75, 3.05) is 26.3 Å². The molecule has 0 aromatic heterocycles. The summed E-state index contributed by atoms with van der Waals surface area (Å²) in [5.41, 5.74) is 0.427. The van der Waals surface area contributed by atoms with Crippen molar-refractivity contribution in [2.45, 2.75) is 31.7 Å². The molecule has 0 aromatic carbocycles. The molecule has 1 saturated carbocycles. The quantitative estimate of drug-likeness (QED) is 0.700. The fraction of sp³-hybridized carbons (Fsp3) is 0.909. The van der Waals surface area contributed by atoms with Crippen LogP contribution >= 0.6 is 0 Å². The zero-order valence-electron chi connectivity index (χ0n) is 9.00.